The summed E-state index contributed by atoms with van der Waals surface area (Å²) in [5.74, 6) is 4.74. The Labute approximate surface area is 120 Å². The summed E-state index contributed by atoms with van der Waals surface area (Å²) in [6.07, 6.45) is 0. The second-order valence-electron chi connectivity index (χ2n) is 3.93. The molecular weight excluding hydrogens is 275 g/mol. The van der Waals surface area contributed by atoms with Crippen molar-refractivity contribution in [2.75, 3.05) is 6.54 Å². The van der Waals surface area contributed by atoms with Gasteiger partial charge in [-0.3, -0.25) is 4.79 Å². The first kappa shape index (κ1) is 14.3. The molecule has 2 aromatic rings. The van der Waals surface area contributed by atoms with Crippen LogP contribution in [0.3, 0.4) is 0 Å². The summed E-state index contributed by atoms with van der Waals surface area (Å²) in [6, 6.07) is 7.76. The number of nitrogens with two attached hydrogens (primary N) is 1. The molecule has 0 saturated carbocycles. The predicted octanol–water partition coefficient (Wildman–Crippen LogP) is 2.13. The lowest BCUT2D eigenvalue weighted by Gasteiger charge is -2.05. The molecule has 0 radical (unpaired) electrons. The first-order valence-electron chi connectivity index (χ1n) is 6.00. The average Bonchev–Trinajstić information content (AvgIpc) is 2.90. The van der Waals surface area contributed by atoms with E-state index in [2.05, 4.69) is 17.2 Å². The minimum Gasteiger partial charge on any atom is -0.347 e. The highest BCUT2D eigenvalue weighted by molar-refractivity contribution is 7.10. The zero-order valence-corrected chi connectivity index (χ0v) is 11.5. The van der Waals surface area contributed by atoms with E-state index >= 15 is 0 Å². The van der Waals surface area contributed by atoms with Gasteiger partial charge in [0.05, 0.1) is 18.7 Å². The fourth-order valence-electron chi connectivity index (χ4n) is 1.64. The lowest BCUT2D eigenvalue weighted by atomic mass is 10.2. The fourth-order valence-corrected chi connectivity index (χ4v) is 2.41. The summed E-state index contributed by atoms with van der Waals surface area (Å²) in [5, 5.41) is 4.59. The third kappa shape index (κ3) is 3.44. The van der Waals surface area contributed by atoms with Crippen molar-refractivity contribution in [3.8, 4) is 11.8 Å². The van der Waals surface area contributed by atoms with Crippen LogP contribution in [-0.4, -0.2) is 12.5 Å². The van der Waals surface area contributed by atoms with Crippen molar-refractivity contribution >= 4 is 17.2 Å². The van der Waals surface area contributed by atoms with E-state index in [1.807, 2.05) is 11.4 Å². The molecule has 1 heterocycles. The summed E-state index contributed by atoms with van der Waals surface area (Å²) < 4.78 is 13.5. The Bertz CT molecular complexity index is 670. The monoisotopic (exact) mass is 288 g/mol. The summed E-state index contributed by atoms with van der Waals surface area (Å²) in [6.45, 7) is 0.607. The molecular formula is C15H13FN2OS. The fraction of sp³-hybridized carbons (Fsp3) is 0.133. The molecule has 0 aliphatic carbocycles. The molecule has 20 heavy (non-hydrogen) atoms. The molecule has 1 amide bonds. The second kappa shape index (κ2) is 6.85. The molecule has 0 unspecified atom stereocenters. The topological polar surface area (TPSA) is 55.1 Å². The van der Waals surface area contributed by atoms with Crippen LogP contribution >= 0.6 is 11.3 Å². The van der Waals surface area contributed by atoms with Crippen LogP contribution in [0.4, 0.5) is 4.39 Å². The van der Waals surface area contributed by atoms with Crippen LogP contribution < -0.4 is 11.1 Å². The van der Waals surface area contributed by atoms with Gasteiger partial charge in [-0.15, -0.1) is 11.3 Å². The molecule has 0 aliphatic heterocycles. The molecule has 5 heteroatoms. The molecule has 0 bridgehead atoms. The van der Waals surface area contributed by atoms with Crippen molar-refractivity contribution in [1.82, 2.24) is 5.32 Å². The Morgan fingerprint density at radius 1 is 1.35 bits per heavy atom. The number of nitrogens with one attached hydrogen (secondary N) is 1. The molecule has 0 fully saturated rings. The molecule has 0 atom stereocenters. The summed E-state index contributed by atoms with van der Waals surface area (Å²) in [5.41, 5.74) is 6.21. The van der Waals surface area contributed by atoms with Gasteiger partial charge in [0.2, 0.25) is 0 Å². The van der Waals surface area contributed by atoms with E-state index in [4.69, 9.17) is 5.73 Å². The normalized spacial score (nSPS) is 9.70. The zero-order valence-electron chi connectivity index (χ0n) is 10.7. The summed E-state index contributed by atoms with van der Waals surface area (Å²) >= 11 is 1.49. The van der Waals surface area contributed by atoms with E-state index in [1.54, 1.807) is 12.1 Å². The molecule has 0 spiro atoms. The van der Waals surface area contributed by atoms with Gasteiger partial charge in [-0.05, 0) is 23.6 Å². The van der Waals surface area contributed by atoms with E-state index < -0.39 is 11.7 Å². The maximum absolute atomic E-state index is 13.5. The molecule has 2 rings (SSSR count). The van der Waals surface area contributed by atoms with Crippen LogP contribution in [0.2, 0.25) is 0 Å². The largest absolute Gasteiger partial charge is 0.347 e. The Morgan fingerprint density at radius 2 is 2.15 bits per heavy atom. The zero-order chi connectivity index (χ0) is 14.4. The van der Waals surface area contributed by atoms with Gasteiger partial charge in [-0.25, -0.2) is 4.39 Å². The van der Waals surface area contributed by atoms with E-state index in [9.17, 15) is 9.18 Å². The molecule has 3 N–H and O–H groups in total. The number of halogens is 1. The number of amides is 1. The SMILES string of the molecule is NCC#Cc1ccsc1CNC(=O)c1ccccc1F. The van der Waals surface area contributed by atoms with Gasteiger partial charge in [0.25, 0.3) is 5.91 Å². The van der Waals surface area contributed by atoms with Gasteiger partial charge in [0.15, 0.2) is 0 Å². The third-order valence-electron chi connectivity index (χ3n) is 2.60. The Hall–Kier alpha value is -2.16. The first-order chi connectivity index (χ1) is 9.72. The molecule has 0 aliphatic rings. The number of carbonyl (C=O) groups excluding carboxylic acids is 1. The Kier molecular flexibility index (Phi) is 4.88. The van der Waals surface area contributed by atoms with Crippen LogP contribution in [0.25, 0.3) is 0 Å². The van der Waals surface area contributed by atoms with Crippen molar-refractivity contribution in [3.05, 3.63) is 57.5 Å². The van der Waals surface area contributed by atoms with Gasteiger partial charge >= 0.3 is 0 Å². The molecule has 1 aromatic heterocycles. The van der Waals surface area contributed by atoms with Crippen LogP contribution in [0, 0.1) is 17.7 Å². The molecule has 3 nitrogen and oxygen atoms in total. The average molecular weight is 288 g/mol. The highest BCUT2D eigenvalue weighted by Gasteiger charge is 2.11. The quantitative estimate of drug-likeness (QED) is 0.850. The second-order valence-corrected chi connectivity index (χ2v) is 4.93. The Morgan fingerprint density at radius 3 is 2.90 bits per heavy atom. The van der Waals surface area contributed by atoms with E-state index in [1.165, 1.54) is 23.5 Å². The van der Waals surface area contributed by atoms with E-state index in [0.717, 1.165) is 10.4 Å². The summed E-state index contributed by atoms with van der Waals surface area (Å²) in [4.78, 5) is 12.8. The maximum Gasteiger partial charge on any atom is 0.254 e. The van der Waals surface area contributed by atoms with Crippen LogP contribution in [0.1, 0.15) is 20.8 Å². The van der Waals surface area contributed by atoms with Gasteiger partial charge < -0.3 is 11.1 Å². The lowest BCUT2D eigenvalue weighted by Crippen LogP contribution is -2.23. The van der Waals surface area contributed by atoms with E-state index in [0.29, 0.717) is 6.54 Å². The third-order valence-corrected chi connectivity index (χ3v) is 3.52. The molecule has 102 valence electrons. The van der Waals surface area contributed by atoms with Gasteiger partial charge in [-0.2, -0.15) is 0 Å². The number of rotatable bonds is 3. The van der Waals surface area contributed by atoms with Crippen molar-refractivity contribution in [1.29, 1.82) is 0 Å². The Balaban J connectivity index is 2.04. The number of hydrogen-bond acceptors (Lipinski definition) is 3. The number of carbonyl (C=O) groups is 1. The number of hydrogen-bond donors (Lipinski definition) is 2. The first-order valence-corrected chi connectivity index (χ1v) is 6.88. The van der Waals surface area contributed by atoms with Crippen LogP contribution in [0.15, 0.2) is 35.7 Å². The standard InChI is InChI=1S/C15H13FN2OS/c16-13-6-2-1-5-12(13)15(19)18-10-14-11(4-3-8-17)7-9-20-14/h1-2,5-7,9H,8,10,17H2,(H,18,19). The van der Waals surface area contributed by atoms with Crippen LogP contribution in [-0.2, 0) is 6.54 Å². The molecule has 1 aromatic carbocycles. The number of thiophene rings is 1. The van der Waals surface area contributed by atoms with Gasteiger partial charge in [0, 0.05) is 10.4 Å². The minimum absolute atomic E-state index is 0.0404. The van der Waals surface area contributed by atoms with E-state index in [-0.39, 0.29) is 12.1 Å². The predicted molar refractivity (Wildman–Crippen MR) is 77.8 cm³/mol. The molecule has 0 saturated heterocycles. The van der Waals surface area contributed by atoms with Gasteiger partial charge in [0.1, 0.15) is 5.82 Å². The highest BCUT2D eigenvalue weighted by atomic mass is 32.1. The maximum atomic E-state index is 13.5. The van der Waals surface area contributed by atoms with Crippen molar-refractivity contribution in [3.63, 3.8) is 0 Å². The highest BCUT2D eigenvalue weighted by Crippen LogP contribution is 2.16. The van der Waals surface area contributed by atoms with Crippen LogP contribution in [0.5, 0.6) is 0 Å². The smallest absolute Gasteiger partial charge is 0.254 e. The number of benzene rings is 1. The van der Waals surface area contributed by atoms with Crippen molar-refractivity contribution in [2.24, 2.45) is 5.73 Å². The van der Waals surface area contributed by atoms with Crippen molar-refractivity contribution in [2.45, 2.75) is 6.54 Å². The van der Waals surface area contributed by atoms with Gasteiger partial charge in [-0.1, -0.05) is 24.0 Å². The summed E-state index contributed by atoms with van der Waals surface area (Å²) in [7, 11) is 0. The lowest BCUT2D eigenvalue weighted by molar-refractivity contribution is 0.0947. The minimum atomic E-state index is -0.528. The van der Waals surface area contributed by atoms with Crippen molar-refractivity contribution < 1.29 is 9.18 Å².